The molecule has 1 aromatic heterocycles. The molecule has 1 amide bonds. The van der Waals surface area contributed by atoms with Gasteiger partial charge in [-0.2, -0.15) is 0 Å². The number of methoxy groups -OCH3 is 1. The number of nitrogens with zero attached hydrogens (tertiary/aromatic N) is 2. The summed E-state index contributed by atoms with van der Waals surface area (Å²) in [7, 11) is 3.45. The van der Waals surface area contributed by atoms with Crippen LogP contribution in [0.25, 0.3) is 0 Å². The monoisotopic (exact) mass is 355 g/mol. The summed E-state index contributed by atoms with van der Waals surface area (Å²) in [6.07, 6.45) is 1.45. The molecule has 1 N–H and O–H groups in total. The fraction of sp³-hybridized carbons (Fsp3) is 0.692. The van der Waals surface area contributed by atoms with Crippen molar-refractivity contribution in [3.63, 3.8) is 0 Å². The first-order valence-corrected chi connectivity index (χ1v) is 7.38. The lowest BCUT2D eigenvalue weighted by atomic mass is 9.90. The van der Waals surface area contributed by atoms with Gasteiger partial charge in [0.15, 0.2) is 0 Å². The van der Waals surface area contributed by atoms with Gasteiger partial charge in [-0.15, -0.1) is 36.2 Å². The topological polar surface area (TPSA) is 54.5 Å². The number of rotatable bonds is 4. The number of piperidine rings is 1. The quantitative estimate of drug-likeness (QED) is 0.897. The smallest absolute Gasteiger partial charge is 0.255 e. The Labute approximate surface area is 142 Å². The number of aryl methyl sites for hydroxylation is 1. The zero-order chi connectivity index (χ0) is 13.9. The summed E-state index contributed by atoms with van der Waals surface area (Å²) in [6, 6.07) is 0. The molecule has 0 atom stereocenters. The van der Waals surface area contributed by atoms with Crippen LogP contribution < -0.4 is 5.32 Å². The van der Waals surface area contributed by atoms with Gasteiger partial charge in [-0.05, 0) is 32.9 Å². The predicted molar refractivity (Wildman–Crippen MR) is 89.7 cm³/mol. The molecule has 2 rings (SSSR count). The van der Waals surface area contributed by atoms with Gasteiger partial charge in [-0.3, -0.25) is 4.79 Å². The first-order valence-electron chi connectivity index (χ1n) is 6.50. The second kappa shape index (κ2) is 8.90. The van der Waals surface area contributed by atoms with Gasteiger partial charge in [0, 0.05) is 19.5 Å². The molecule has 122 valence electrons. The summed E-state index contributed by atoms with van der Waals surface area (Å²) in [4.78, 5) is 18.7. The molecule has 8 heteroatoms. The number of hydrogen-bond donors (Lipinski definition) is 1. The van der Waals surface area contributed by atoms with E-state index in [1.165, 1.54) is 0 Å². The van der Waals surface area contributed by atoms with Gasteiger partial charge in [-0.1, -0.05) is 0 Å². The van der Waals surface area contributed by atoms with Crippen LogP contribution in [-0.2, 0) is 16.1 Å². The van der Waals surface area contributed by atoms with Gasteiger partial charge in [0.05, 0.1) is 17.2 Å². The molecule has 0 radical (unpaired) electrons. The van der Waals surface area contributed by atoms with Crippen LogP contribution in [0.5, 0.6) is 0 Å². The van der Waals surface area contributed by atoms with Crippen molar-refractivity contribution in [3.05, 3.63) is 16.1 Å². The van der Waals surface area contributed by atoms with Crippen LogP contribution in [-0.4, -0.2) is 48.6 Å². The van der Waals surface area contributed by atoms with Crippen LogP contribution in [0.15, 0.2) is 5.38 Å². The second-order valence-corrected chi connectivity index (χ2v) is 6.03. The average molecular weight is 356 g/mol. The molecule has 2 heterocycles. The molecule has 0 unspecified atom stereocenters. The number of carbonyl (C=O) groups is 1. The Morgan fingerprint density at radius 3 is 2.57 bits per heavy atom. The largest absolute Gasteiger partial charge is 0.368 e. The van der Waals surface area contributed by atoms with E-state index in [-0.39, 0.29) is 30.7 Å². The molecule has 1 aromatic rings. The molecule has 0 spiro atoms. The van der Waals surface area contributed by atoms with Crippen LogP contribution in [0.2, 0.25) is 0 Å². The summed E-state index contributed by atoms with van der Waals surface area (Å²) < 4.78 is 5.56. The Balaban J connectivity index is 0.00000200. The number of likely N-dealkylation sites (N-methyl/N-ethyl adjacent to an activating group) is 1. The van der Waals surface area contributed by atoms with Gasteiger partial charge in [0.2, 0.25) is 0 Å². The minimum Gasteiger partial charge on any atom is -0.368 e. The summed E-state index contributed by atoms with van der Waals surface area (Å²) >= 11 is 1.61. The lowest BCUT2D eigenvalue weighted by molar-refractivity contribution is -0.157. The predicted octanol–water partition coefficient (Wildman–Crippen LogP) is 2.02. The number of thiazole rings is 1. The van der Waals surface area contributed by atoms with Crippen LogP contribution in [0, 0.1) is 6.92 Å². The molecule has 1 fully saturated rings. The lowest BCUT2D eigenvalue weighted by Crippen LogP contribution is -2.54. The molecule has 0 saturated carbocycles. The third kappa shape index (κ3) is 4.79. The Bertz CT molecular complexity index is 450. The zero-order valence-electron chi connectivity index (χ0n) is 12.5. The van der Waals surface area contributed by atoms with Gasteiger partial charge in [-0.25, -0.2) is 4.98 Å². The Hall–Kier alpha value is -0.400. The SMILES string of the molecule is COC1(C(=O)N(C)Cc2csc(C)n2)CCNCC1.Cl.Cl. The highest BCUT2D eigenvalue weighted by Gasteiger charge is 2.41. The first kappa shape index (κ1) is 20.6. The summed E-state index contributed by atoms with van der Waals surface area (Å²) in [6.45, 7) is 4.16. The van der Waals surface area contributed by atoms with E-state index in [9.17, 15) is 4.79 Å². The lowest BCUT2D eigenvalue weighted by Gasteiger charge is -2.37. The number of ether oxygens (including phenoxy) is 1. The van der Waals surface area contributed by atoms with E-state index < -0.39 is 5.60 Å². The highest BCUT2D eigenvalue weighted by molar-refractivity contribution is 7.09. The van der Waals surface area contributed by atoms with Crippen molar-refractivity contribution in [1.29, 1.82) is 0 Å². The summed E-state index contributed by atoms with van der Waals surface area (Å²) in [5, 5.41) is 6.29. The number of hydrogen-bond acceptors (Lipinski definition) is 5. The fourth-order valence-corrected chi connectivity index (χ4v) is 3.08. The van der Waals surface area contributed by atoms with Crippen molar-refractivity contribution in [2.75, 3.05) is 27.2 Å². The van der Waals surface area contributed by atoms with E-state index in [0.29, 0.717) is 6.54 Å². The van der Waals surface area contributed by atoms with Crippen molar-refractivity contribution < 1.29 is 9.53 Å². The van der Waals surface area contributed by atoms with Crippen LogP contribution in [0.4, 0.5) is 0 Å². The third-order valence-corrected chi connectivity index (χ3v) is 4.43. The zero-order valence-corrected chi connectivity index (χ0v) is 15.0. The summed E-state index contributed by atoms with van der Waals surface area (Å²) in [5.41, 5.74) is 0.281. The molecular formula is C13H23Cl2N3O2S. The molecule has 1 aliphatic heterocycles. The van der Waals surface area contributed by atoms with Gasteiger partial charge < -0.3 is 15.0 Å². The normalized spacial score (nSPS) is 16.5. The van der Waals surface area contributed by atoms with Gasteiger partial charge in [0.25, 0.3) is 5.91 Å². The maximum absolute atomic E-state index is 12.6. The highest BCUT2D eigenvalue weighted by atomic mass is 35.5. The fourth-order valence-electron chi connectivity index (χ4n) is 2.48. The van der Waals surface area contributed by atoms with E-state index in [1.54, 1.807) is 23.3 Å². The average Bonchev–Trinajstić information content (AvgIpc) is 2.84. The number of amides is 1. The molecule has 5 nitrogen and oxygen atoms in total. The number of halogens is 2. The Kier molecular flexibility index (Phi) is 8.73. The van der Waals surface area contributed by atoms with Crippen LogP contribution in [0.1, 0.15) is 23.5 Å². The summed E-state index contributed by atoms with van der Waals surface area (Å²) in [5.74, 6) is 0.0575. The molecule has 21 heavy (non-hydrogen) atoms. The molecule has 0 bridgehead atoms. The van der Waals surface area contributed by atoms with Crippen molar-refractivity contribution in [2.24, 2.45) is 0 Å². The second-order valence-electron chi connectivity index (χ2n) is 4.97. The molecule has 1 aliphatic rings. The van der Waals surface area contributed by atoms with Crippen molar-refractivity contribution in [3.8, 4) is 0 Å². The Morgan fingerprint density at radius 2 is 2.10 bits per heavy atom. The third-order valence-electron chi connectivity index (χ3n) is 3.60. The van der Waals surface area contributed by atoms with E-state index in [2.05, 4.69) is 10.3 Å². The first-order chi connectivity index (χ1) is 9.07. The maximum atomic E-state index is 12.6. The van der Waals surface area contributed by atoms with E-state index in [0.717, 1.165) is 36.6 Å². The molecule has 1 saturated heterocycles. The van der Waals surface area contributed by atoms with E-state index in [1.807, 2.05) is 19.4 Å². The number of aromatic nitrogens is 1. The van der Waals surface area contributed by atoms with Crippen molar-refractivity contribution in [2.45, 2.75) is 31.9 Å². The van der Waals surface area contributed by atoms with Gasteiger partial charge >= 0.3 is 0 Å². The van der Waals surface area contributed by atoms with Crippen molar-refractivity contribution >= 4 is 42.1 Å². The van der Waals surface area contributed by atoms with E-state index in [4.69, 9.17) is 4.74 Å². The molecule has 0 aromatic carbocycles. The number of nitrogens with one attached hydrogen (secondary N) is 1. The number of carbonyl (C=O) groups excluding carboxylic acids is 1. The van der Waals surface area contributed by atoms with E-state index >= 15 is 0 Å². The standard InChI is InChI=1S/C13H21N3O2S.2ClH/c1-10-15-11(9-19-10)8-16(2)12(17)13(18-3)4-6-14-7-5-13;;/h9,14H,4-8H2,1-3H3;2*1H. The highest BCUT2D eigenvalue weighted by Crippen LogP contribution is 2.25. The van der Waals surface area contributed by atoms with Crippen molar-refractivity contribution in [1.82, 2.24) is 15.2 Å². The minimum absolute atomic E-state index is 0. The Morgan fingerprint density at radius 1 is 1.48 bits per heavy atom. The molecule has 0 aliphatic carbocycles. The minimum atomic E-state index is -0.662. The maximum Gasteiger partial charge on any atom is 0.255 e. The molecular weight excluding hydrogens is 333 g/mol. The van der Waals surface area contributed by atoms with Crippen LogP contribution in [0.3, 0.4) is 0 Å². The van der Waals surface area contributed by atoms with Gasteiger partial charge in [0.1, 0.15) is 5.60 Å². The van der Waals surface area contributed by atoms with Crippen LogP contribution >= 0.6 is 36.2 Å².